The lowest BCUT2D eigenvalue weighted by molar-refractivity contribution is -0.140. The van der Waals surface area contributed by atoms with Crippen molar-refractivity contribution >= 4 is 21.9 Å². The molecule has 1 rings (SSSR count). The monoisotopic (exact) mass is 321 g/mol. The second-order valence-corrected chi connectivity index (χ2v) is 7.09. The van der Waals surface area contributed by atoms with Crippen molar-refractivity contribution in [2.24, 2.45) is 0 Å². The Morgan fingerprint density at radius 2 is 1.81 bits per heavy atom. The maximum atomic E-state index is 12.0. The van der Waals surface area contributed by atoms with Gasteiger partial charge in [0.15, 0.2) is 0 Å². The van der Waals surface area contributed by atoms with Gasteiger partial charge in [-0.05, 0) is 6.42 Å². The van der Waals surface area contributed by atoms with Crippen LogP contribution in [0.15, 0.2) is 0 Å². The highest BCUT2D eigenvalue weighted by atomic mass is 32.2. The smallest absolute Gasteiger partial charge is 0.320 e. The molecule has 0 aromatic carbocycles. The summed E-state index contributed by atoms with van der Waals surface area (Å²) in [6.45, 7) is 3.06. The third-order valence-electron chi connectivity index (χ3n) is 3.44. The van der Waals surface area contributed by atoms with Gasteiger partial charge in [-0.25, -0.2) is 8.42 Å². The summed E-state index contributed by atoms with van der Waals surface area (Å²) in [4.78, 5) is 24.5. The zero-order valence-electron chi connectivity index (χ0n) is 12.4. The number of aliphatic carboxylic acids is 1. The predicted octanol–water partition coefficient (Wildman–Crippen LogP) is -1.07. The minimum absolute atomic E-state index is 0.0458. The normalized spacial score (nSPS) is 18.5. The molecule has 0 bridgehead atoms. The van der Waals surface area contributed by atoms with E-state index in [1.807, 2.05) is 6.92 Å². The van der Waals surface area contributed by atoms with Crippen LogP contribution in [0.4, 0.5) is 0 Å². The van der Waals surface area contributed by atoms with Crippen LogP contribution in [0.2, 0.25) is 0 Å². The van der Waals surface area contributed by atoms with Crippen LogP contribution in [0.5, 0.6) is 0 Å². The van der Waals surface area contributed by atoms with Gasteiger partial charge in [0.2, 0.25) is 15.9 Å². The van der Waals surface area contributed by atoms with E-state index in [2.05, 4.69) is 5.32 Å². The first kappa shape index (κ1) is 17.9. The molecule has 1 heterocycles. The lowest BCUT2D eigenvalue weighted by Gasteiger charge is -2.33. The summed E-state index contributed by atoms with van der Waals surface area (Å²) < 4.78 is 24.1. The Bertz CT molecular complexity index is 471. The Morgan fingerprint density at radius 1 is 1.24 bits per heavy atom. The lowest BCUT2D eigenvalue weighted by Crippen LogP contribution is -2.53. The highest BCUT2D eigenvalue weighted by Crippen LogP contribution is 2.06. The molecule has 1 saturated heterocycles. The fourth-order valence-electron chi connectivity index (χ4n) is 2.19. The molecular weight excluding hydrogens is 298 g/mol. The zero-order chi connectivity index (χ0) is 16.0. The van der Waals surface area contributed by atoms with Crippen LogP contribution in [0.25, 0.3) is 0 Å². The summed E-state index contributed by atoms with van der Waals surface area (Å²) in [6, 6.07) is -0.726. The van der Waals surface area contributed by atoms with E-state index in [-0.39, 0.29) is 25.5 Å². The molecule has 122 valence electrons. The average molecular weight is 321 g/mol. The van der Waals surface area contributed by atoms with Crippen LogP contribution in [0, 0.1) is 0 Å². The van der Waals surface area contributed by atoms with Crippen molar-refractivity contribution in [2.45, 2.75) is 25.8 Å². The summed E-state index contributed by atoms with van der Waals surface area (Å²) in [6.07, 6.45) is 2.32. The first-order valence-corrected chi connectivity index (χ1v) is 8.79. The Labute approximate surface area is 125 Å². The molecule has 21 heavy (non-hydrogen) atoms. The third-order valence-corrected chi connectivity index (χ3v) is 4.74. The molecule has 0 aliphatic carbocycles. The fraction of sp³-hybridized carbons (Fsp3) is 0.833. The minimum atomic E-state index is -3.22. The zero-order valence-corrected chi connectivity index (χ0v) is 13.2. The molecule has 0 radical (unpaired) electrons. The van der Waals surface area contributed by atoms with Crippen molar-refractivity contribution in [3.63, 3.8) is 0 Å². The highest BCUT2D eigenvalue weighted by molar-refractivity contribution is 7.88. The molecule has 9 heteroatoms. The number of hydrogen-bond acceptors (Lipinski definition) is 5. The molecule has 2 N–H and O–H groups in total. The number of carboxylic acids is 1. The standard InChI is InChI=1S/C12H23N3O5S/c1-3-4-10(12(17)18)13-9-11(16)14-5-7-15(8-6-14)21(2,19)20/h10,13H,3-9H2,1-2H3,(H,17,18). The van der Waals surface area contributed by atoms with Gasteiger partial charge in [-0.2, -0.15) is 4.31 Å². The molecule has 1 aliphatic heterocycles. The van der Waals surface area contributed by atoms with Crippen LogP contribution >= 0.6 is 0 Å². The minimum Gasteiger partial charge on any atom is -0.480 e. The van der Waals surface area contributed by atoms with Gasteiger partial charge in [0, 0.05) is 26.2 Å². The van der Waals surface area contributed by atoms with E-state index in [1.165, 1.54) is 4.31 Å². The SMILES string of the molecule is CCCC(NCC(=O)N1CCN(S(C)(=O)=O)CC1)C(=O)O. The first-order valence-electron chi connectivity index (χ1n) is 6.94. The Kier molecular flexibility index (Phi) is 6.56. The van der Waals surface area contributed by atoms with Crippen molar-refractivity contribution in [1.82, 2.24) is 14.5 Å². The molecular formula is C12H23N3O5S. The molecule has 8 nitrogen and oxygen atoms in total. The van der Waals surface area contributed by atoms with Crippen LogP contribution in [0.1, 0.15) is 19.8 Å². The van der Waals surface area contributed by atoms with Crippen molar-refractivity contribution in [2.75, 3.05) is 39.0 Å². The van der Waals surface area contributed by atoms with Gasteiger partial charge in [0.1, 0.15) is 6.04 Å². The van der Waals surface area contributed by atoms with Gasteiger partial charge in [-0.1, -0.05) is 13.3 Å². The molecule has 1 atom stereocenters. The number of sulfonamides is 1. The second kappa shape index (κ2) is 7.71. The Morgan fingerprint density at radius 3 is 2.24 bits per heavy atom. The third kappa shape index (κ3) is 5.60. The van der Waals surface area contributed by atoms with Crippen molar-refractivity contribution in [3.8, 4) is 0 Å². The number of rotatable bonds is 7. The van der Waals surface area contributed by atoms with Crippen LogP contribution in [-0.4, -0.2) is 79.6 Å². The fourth-order valence-corrected chi connectivity index (χ4v) is 3.02. The average Bonchev–Trinajstić information content (AvgIpc) is 2.42. The van der Waals surface area contributed by atoms with E-state index in [1.54, 1.807) is 4.90 Å². The quantitative estimate of drug-likeness (QED) is 0.618. The van der Waals surface area contributed by atoms with Crippen LogP contribution in [0.3, 0.4) is 0 Å². The molecule has 1 aliphatic rings. The van der Waals surface area contributed by atoms with Gasteiger partial charge < -0.3 is 10.0 Å². The van der Waals surface area contributed by atoms with Gasteiger partial charge in [0.25, 0.3) is 0 Å². The molecule has 0 spiro atoms. The second-order valence-electron chi connectivity index (χ2n) is 5.10. The van der Waals surface area contributed by atoms with Crippen molar-refractivity contribution in [1.29, 1.82) is 0 Å². The largest absolute Gasteiger partial charge is 0.480 e. The Balaban J connectivity index is 2.42. The lowest BCUT2D eigenvalue weighted by atomic mass is 10.1. The number of hydrogen-bond donors (Lipinski definition) is 2. The van der Waals surface area contributed by atoms with Gasteiger partial charge in [-0.15, -0.1) is 0 Å². The van der Waals surface area contributed by atoms with Crippen LogP contribution in [-0.2, 0) is 19.6 Å². The molecule has 1 fully saturated rings. The van der Waals surface area contributed by atoms with Gasteiger partial charge in [0.05, 0.1) is 12.8 Å². The number of nitrogens with one attached hydrogen (secondary N) is 1. The predicted molar refractivity (Wildman–Crippen MR) is 77.3 cm³/mol. The molecule has 0 saturated carbocycles. The van der Waals surface area contributed by atoms with Crippen LogP contribution < -0.4 is 5.32 Å². The number of carbonyl (C=O) groups excluding carboxylic acids is 1. The maximum absolute atomic E-state index is 12.0. The van der Waals surface area contributed by atoms with Crippen molar-refractivity contribution < 1.29 is 23.1 Å². The van der Waals surface area contributed by atoms with E-state index in [4.69, 9.17) is 5.11 Å². The van der Waals surface area contributed by atoms with E-state index < -0.39 is 22.0 Å². The molecule has 1 amide bonds. The highest BCUT2D eigenvalue weighted by Gasteiger charge is 2.26. The van der Waals surface area contributed by atoms with E-state index in [0.29, 0.717) is 25.9 Å². The first-order chi connectivity index (χ1) is 9.75. The van der Waals surface area contributed by atoms with Gasteiger partial charge >= 0.3 is 5.97 Å². The summed E-state index contributed by atoms with van der Waals surface area (Å²) in [5.41, 5.74) is 0. The van der Waals surface area contributed by atoms with E-state index >= 15 is 0 Å². The summed E-state index contributed by atoms with van der Waals surface area (Å²) in [5.74, 6) is -1.17. The summed E-state index contributed by atoms with van der Waals surface area (Å²) >= 11 is 0. The summed E-state index contributed by atoms with van der Waals surface area (Å²) in [7, 11) is -3.22. The van der Waals surface area contributed by atoms with Crippen molar-refractivity contribution in [3.05, 3.63) is 0 Å². The number of amides is 1. The molecule has 0 aromatic rings. The summed E-state index contributed by atoms with van der Waals surface area (Å²) in [5, 5.41) is 11.7. The molecule has 0 aromatic heterocycles. The Hall–Kier alpha value is -1.19. The number of carboxylic acid groups (broad SMARTS) is 1. The number of carbonyl (C=O) groups is 2. The number of nitrogens with zero attached hydrogens (tertiary/aromatic N) is 2. The molecule has 1 unspecified atom stereocenters. The van der Waals surface area contributed by atoms with Gasteiger partial charge in [-0.3, -0.25) is 14.9 Å². The topological polar surface area (TPSA) is 107 Å². The van der Waals surface area contributed by atoms with E-state index in [9.17, 15) is 18.0 Å². The van der Waals surface area contributed by atoms with E-state index in [0.717, 1.165) is 6.26 Å². The number of piperazine rings is 1. The maximum Gasteiger partial charge on any atom is 0.320 e.